The van der Waals surface area contributed by atoms with Gasteiger partial charge in [-0.2, -0.15) is 5.26 Å². The summed E-state index contributed by atoms with van der Waals surface area (Å²) in [4.78, 5) is 40.2. The molecule has 0 aliphatic carbocycles. The molecule has 32 heavy (non-hydrogen) atoms. The third-order valence-corrected chi connectivity index (χ3v) is 6.28. The van der Waals surface area contributed by atoms with Crippen molar-refractivity contribution in [3.8, 4) is 11.9 Å². The summed E-state index contributed by atoms with van der Waals surface area (Å²) in [7, 11) is 0. The van der Waals surface area contributed by atoms with Gasteiger partial charge in [-0.3, -0.25) is 23.9 Å². The number of hydrogen-bond acceptors (Lipinski definition) is 7. The molecular formula is C23H21N3O4S2. The number of nitrogens with zero attached hydrogens (tertiary/aromatic N) is 3. The lowest BCUT2D eigenvalue weighted by Crippen LogP contribution is -2.35. The Morgan fingerprint density at radius 3 is 2.53 bits per heavy atom. The van der Waals surface area contributed by atoms with Crippen LogP contribution in [0.3, 0.4) is 0 Å². The van der Waals surface area contributed by atoms with Crippen LogP contribution in [0.1, 0.15) is 40.9 Å². The first-order valence-corrected chi connectivity index (χ1v) is 11.1. The predicted molar refractivity (Wildman–Crippen MR) is 127 cm³/mol. The van der Waals surface area contributed by atoms with Gasteiger partial charge in [0.15, 0.2) is 5.78 Å². The largest absolute Gasteiger partial charge is 0.494 e. The van der Waals surface area contributed by atoms with E-state index >= 15 is 0 Å². The van der Waals surface area contributed by atoms with Crippen LogP contribution < -0.4 is 5.56 Å². The molecule has 164 valence electrons. The average Bonchev–Trinajstić information content (AvgIpc) is 2.99. The zero-order valence-corrected chi connectivity index (χ0v) is 19.4. The van der Waals surface area contributed by atoms with Crippen molar-refractivity contribution in [3.63, 3.8) is 0 Å². The number of pyridine rings is 1. The predicted octanol–water partition coefficient (Wildman–Crippen LogP) is 3.47. The van der Waals surface area contributed by atoms with Crippen LogP contribution in [0.25, 0.3) is 6.08 Å². The molecule has 0 atom stereocenters. The van der Waals surface area contributed by atoms with Crippen molar-refractivity contribution < 1.29 is 14.7 Å². The number of nitriles is 1. The van der Waals surface area contributed by atoms with Crippen LogP contribution in [0.4, 0.5) is 0 Å². The van der Waals surface area contributed by atoms with Gasteiger partial charge in [-0.15, -0.1) is 0 Å². The Labute approximate surface area is 195 Å². The normalized spacial score (nSPS) is 15.0. The van der Waals surface area contributed by atoms with Crippen molar-refractivity contribution in [2.45, 2.75) is 27.3 Å². The number of aromatic hydroxyl groups is 1. The number of hydrogen-bond donors (Lipinski definition) is 1. The van der Waals surface area contributed by atoms with Gasteiger partial charge >= 0.3 is 0 Å². The molecule has 1 fully saturated rings. The highest BCUT2D eigenvalue weighted by molar-refractivity contribution is 8.26. The topological polar surface area (TPSA) is 103 Å². The van der Waals surface area contributed by atoms with E-state index in [1.54, 1.807) is 6.08 Å². The maximum absolute atomic E-state index is 13.1. The van der Waals surface area contributed by atoms with E-state index in [2.05, 4.69) is 0 Å². The van der Waals surface area contributed by atoms with Crippen LogP contribution in [0.15, 0.2) is 40.0 Å². The van der Waals surface area contributed by atoms with Gasteiger partial charge in [-0.25, -0.2) is 0 Å². The van der Waals surface area contributed by atoms with E-state index in [-0.39, 0.29) is 33.5 Å². The maximum Gasteiger partial charge on any atom is 0.271 e. The maximum atomic E-state index is 13.1. The molecule has 1 aromatic heterocycles. The number of thiocarbonyl (C=S) groups is 1. The number of carbonyl (C=O) groups is 2. The molecule has 1 saturated heterocycles. The van der Waals surface area contributed by atoms with E-state index < -0.39 is 29.7 Å². The molecule has 0 bridgehead atoms. The summed E-state index contributed by atoms with van der Waals surface area (Å²) >= 11 is 6.39. The molecule has 1 aliphatic rings. The fourth-order valence-corrected chi connectivity index (χ4v) is 4.63. The zero-order chi connectivity index (χ0) is 23.6. The van der Waals surface area contributed by atoms with Gasteiger partial charge in [-0.1, -0.05) is 68.2 Å². The molecule has 1 N–H and O–H groups in total. The number of carbonyl (C=O) groups excluding carboxylic acids is 2. The molecule has 1 aliphatic heterocycles. The molecule has 0 saturated carbocycles. The fraction of sp³-hybridized carbons (Fsp3) is 0.261. The number of thioether (sulfide) groups is 1. The molecule has 1 aromatic carbocycles. The third-order valence-electron chi connectivity index (χ3n) is 4.90. The Hall–Kier alpha value is -3.22. The molecule has 0 unspecified atom stereocenters. The summed E-state index contributed by atoms with van der Waals surface area (Å²) in [5, 5.41) is 20.2. The highest BCUT2D eigenvalue weighted by Gasteiger charge is 2.35. The number of rotatable bonds is 6. The van der Waals surface area contributed by atoms with E-state index in [4.69, 9.17) is 12.2 Å². The van der Waals surface area contributed by atoms with Crippen molar-refractivity contribution in [1.82, 2.24) is 9.47 Å². The molecular weight excluding hydrogens is 446 g/mol. The molecule has 0 radical (unpaired) electrons. The van der Waals surface area contributed by atoms with Crippen molar-refractivity contribution in [2.75, 3.05) is 6.54 Å². The lowest BCUT2D eigenvalue weighted by atomic mass is 10.0. The second-order valence-electron chi connectivity index (χ2n) is 7.72. The van der Waals surface area contributed by atoms with Gasteiger partial charge in [0, 0.05) is 6.54 Å². The first kappa shape index (κ1) is 23.4. The highest BCUT2D eigenvalue weighted by atomic mass is 32.2. The van der Waals surface area contributed by atoms with Crippen LogP contribution in [-0.2, 0) is 11.3 Å². The van der Waals surface area contributed by atoms with Crippen LogP contribution in [-0.4, -0.2) is 37.1 Å². The van der Waals surface area contributed by atoms with Crippen molar-refractivity contribution in [3.05, 3.63) is 67.8 Å². The van der Waals surface area contributed by atoms with Gasteiger partial charge in [0.2, 0.25) is 5.88 Å². The Morgan fingerprint density at radius 1 is 1.28 bits per heavy atom. The first-order valence-electron chi connectivity index (χ1n) is 9.85. The minimum absolute atomic E-state index is 0.00868. The van der Waals surface area contributed by atoms with Gasteiger partial charge in [0.25, 0.3) is 11.5 Å². The van der Waals surface area contributed by atoms with E-state index in [1.165, 1.54) is 11.8 Å². The summed E-state index contributed by atoms with van der Waals surface area (Å²) in [5.74, 6) is -1.53. The minimum atomic E-state index is -0.649. The van der Waals surface area contributed by atoms with E-state index in [0.29, 0.717) is 4.91 Å². The Morgan fingerprint density at radius 2 is 1.94 bits per heavy atom. The quantitative estimate of drug-likeness (QED) is 0.394. The minimum Gasteiger partial charge on any atom is -0.494 e. The summed E-state index contributed by atoms with van der Waals surface area (Å²) in [6, 6.07) is 11.1. The smallest absolute Gasteiger partial charge is 0.271 e. The van der Waals surface area contributed by atoms with Gasteiger partial charge in [0.1, 0.15) is 16.0 Å². The highest BCUT2D eigenvalue weighted by Crippen LogP contribution is 2.33. The second kappa shape index (κ2) is 9.51. The van der Waals surface area contributed by atoms with Crippen molar-refractivity contribution in [2.24, 2.45) is 5.92 Å². The SMILES string of the molecule is Cc1c(C(=O)CN2C(=O)/C(=C/c3ccccc3)SC2=S)c(O)n(CC(C)C)c(=O)c1C#N. The van der Waals surface area contributed by atoms with Gasteiger partial charge in [0.05, 0.1) is 17.0 Å². The summed E-state index contributed by atoms with van der Waals surface area (Å²) in [6.45, 7) is 4.86. The standard InChI is InChI=1S/C23H21N3O4S2/c1-13(2)11-25-20(28)16(10-24)14(3)19(22(25)30)17(27)12-26-21(29)18(32-23(26)31)9-15-7-5-4-6-8-15/h4-9,13,30H,11-12H2,1-3H3/b18-9-. The monoisotopic (exact) mass is 467 g/mol. The second-order valence-corrected chi connectivity index (χ2v) is 9.40. The fourth-order valence-electron chi connectivity index (χ4n) is 3.38. The molecule has 9 heteroatoms. The van der Waals surface area contributed by atoms with Crippen LogP contribution in [0.2, 0.25) is 0 Å². The summed E-state index contributed by atoms with van der Waals surface area (Å²) < 4.78 is 1.25. The van der Waals surface area contributed by atoms with Crippen LogP contribution >= 0.6 is 24.0 Å². The van der Waals surface area contributed by atoms with Gasteiger partial charge < -0.3 is 5.11 Å². The van der Waals surface area contributed by atoms with E-state index in [1.807, 2.05) is 50.2 Å². The lowest BCUT2D eigenvalue weighted by Gasteiger charge is -2.19. The molecule has 1 amide bonds. The lowest BCUT2D eigenvalue weighted by molar-refractivity contribution is -0.121. The zero-order valence-electron chi connectivity index (χ0n) is 17.8. The summed E-state index contributed by atoms with van der Waals surface area (Å²) in [6.07, 6.45) is 1.70. The van der Waals surface area contributed by atoms with Gasteiger partial charge in [-0.05, 0) is 30.0 Å². The Bertz CT molecular complexity index is 1240. The van der Waals surface area contributed by atoms with E-state index in [9.17, 15) is 24.8 Å². The number of ketones is 1. The molecule has 2 heterocycles. The van der Waals surface area contributed by atoms with E-state index in [0.717, 1.165) is 21.9 Å². The number of aromatic nitrogens is 1. The third kappa shape index (κ3) is 4.52. The number of amides is 1. The van der Waals surface area contributed by atoms with Crippen molar-refractivity contribution >= 4 is 46.1 Å². The Balaban J connectivity index is 1.96. The Kier molecular flexibility index (Phi) is 6.96. The molecule has 2 aromatic rings. The van der Waals surface area contributed by atoms with Crippen LogP contribution in [0.5, 0.6) is 5.88 Å². The number of benzene rings is 1. The first-order chi connectivity index (χ1) is 15.1. The molecule has 7 nitrogen and oxygen atoms in total. The molecule has 0 spiro atoms. The summed E-state index contributed by atoms with van der Waals surface area (Å²) in [5.41, 5.74) is -0.0919. The van der Waals surface area contributed by atoms with Crippen molar-refractivity contribution in [1.29, 1.82) is 5.26 Å². The molecule has 3 rings (SSSR count). The number of Topliss-reactive ketones (excluding diaryl/α,β-unsaturated/α-hetero) is 1. The average molecular weight is 468 g/mol. The van der Waals surface area contributed by atoms with Crippen LogP contribution in [0, 0.1) is 24.2 Å².